The summed E-state index contributed by atoms with van der Waals surface area (Å²) in [6.07, 6.45) is 0.883. The van der Waals surface area contributed by atoms with E-state index in [-0.39, 0.29) is 18.1 Å². The molecule has 17 heavy (non-hydrogen) atoms. The summed E-state index contributed by atoms with van der Waals surface area (Å²) in [7, 11) is 0. The molecule has 0 fully saturated rings. The first-order valence-corrected chi connectivity index (χ1v) is 6.42. The minimum Gasteiger partial charge on any atom is -0.483 e. The highest BCUT2D eigenvalue weighted by atomic mass is 79.9. The van der Waals surface area contributed by atoms with Gasteiger partial charge in [-0.25, -0.2) is 0 Å². The smallest absolute Gasteiger partial charge is 0.258 e. The molecule has 0 saturated carbocycles. The minimum atomic E-state index is -0.186. The summed E-state index contributed by atoms with van der Waals surface area (Å²) in [6, 6.07) is 7.47. The molecule has 0 saturated heterocycles. The molecule has 1 N–H and O–H groups in total. The number of carbonyl (C=O) groups excluding carboxylic acids is 1. The van der Waals surface area contributed by atoms with E-state index in [2.05, 4.69) is 21.2 Å². The van der Waals surface area contributed by atoms with Gasteiger partial charge in [0, 0.05) is 5.54 Å². The predicted molar refractivity (Wildman–Crippen MR) is 72.1 cm³/mol. The van der Waals surface area contributed by atoms with E-state index in [4.69, 9.17) is 4.74 Å². The van der Waals surface area contributed by atoms with E-state index < -0.39 is 0 Å². The molecule has 0 bridgehead atoms. The first-order chi connectivity index (χ1) is 7.94. The molecule has 0 radical (unpaired) electrons. The van der Waals surface area contributed by atoms with E-state index in [1.54, 1.807) is 0 Å². The Morgan fingerprint density at radius 3 is 2.65 bits per heavy atom. The quantitative estimate of drug-likeness (QED) is 0.907. The first kappa shape index (κ1) is 14.0. The van der Waals surface area contributed by atoms with Crippen LogP contribution >= 0.6 is 15.9 Å². The van der Waals surface area contributed by atoms with Gasteiger partial charge in [0.15, 0.2) is 6.61 Å². The molecule has 0 aromatic heterocycles. The Kier molecular flexibility index (Phi) is 5.00. The molecule has 0 atom stereocenters. The van der Waals surface area contributed by atoms with Crippen molar-refractivity contribution in [2.45, 2.75) is 32.7 Å². The van der Waals surface area contributed by atoms with E-state index in [1.165, 1.54) is 0 Å². The number of hydrogen-bond donors (Lipinski definition) is 1. The van der Waals surface area contributed by atoms with Crippen molar-refractivity contribution in [3.05, 3.63) is 28.7 Å². The number of rotatable bonds is 5. The Morgan fingerprint density at radius 2 is 2.06 bits per heavy atom. The van der Waals surface area contributed by atoms with E-state index >= 15 is 0 Å². The Balaban J connectivity index is 2.47. The molecule has 0 spiro atoms. The molecular weight excluding hydrogens is 282 g/mol. The number of carbonyl (C=O) groups is 1. The van der Waals surface area contributed by atoms with Gasteiger partial charge in [-0.3, -0.25) is 4.79 Å². The van der Waals surface area contributed by atoms with Crippen molar-refractivity contribution in [2.24, 2.45) is 0 Å². The number of halogens is 1. The van der Waals surface area contributed by atoms with Gasteiger partial charge in [-0.05, 0) is 48.3 Å². The lowest BCUT2D eigenvalue weighted by molar-refractivity contribution is -0.124. The lowest BCUT2D eigenvalue weighted by atomic mass is 10.0. The van der Waals surface area contributed by atoms with E-state index in [0.29, 0.717) is 5.75 Å². The van der Waals surface area contributed by atoms with Crippen molar-refractivity contribution < 1.29 is 9.53 Å². The van der Waals surface area contributed by atoms with Crippen molar-refractivity contribution in [3.8, 4) is 5.75 Å². The first-order valence-electron chi connectivity index (χ1n) is 5.63. The largest absolute Gasteiger partial charge is 0.483 e. The minimum absolute atomic E-state index is 0.0338. The second-order valence-electron chi connectivity index (χ2n) is 4.50. The summed E-state index contributed by atoms with van der Waals surface area (Å²) >= 11 is 3.36. The van der Waals surface area contributed by atoms with Crippen molar-refractivity contribution in [2.75, 3.05) is 6.61 Å². The summed E-state index contributed by atoms with van der Waals surface area (Å²) in [5.74, 6) is 0.574. The van der Waals surface area contributed by atoms with Crippen LogP contribution in [0.2, 0.25) is 0 Å². The van der Waals surface area contributed by atoms with Crippen molar-refractivity contribution in [1.29, 1.82) is 0 Å². The monoisotopic (exact) mass is 299 g/mol. The maximum Gasteiger partial charge on any atom is 0.258 e. The van der Waals surface area contributed by atoms with Gasteiger partial charge in [0.05, 0.1) is 4.47 Å². The number of hydrogen-bond acceptors (Lipinski definition) is 2. The number of amides is 1. The van der Waals surface area contributed by atoms with Gasteiger partial charge < -0.3 is 10.1 Å². The molecule has 0 unspecified atom stereocenters. The third-order valence-electron chi connectivity index (χ3n) is 2.56. The number of para-hydroxylation sites is 1. The van der Waals surface area contributed by atoms with Crippen LogP contribution in [-0.2, 0) is 4.79 Å². The third-order valence-corrected chi connectivity index (χ3v) is 3.21. The zero-order valence-corrected chi connectivity index (χ0v) is 12.0. The van der Waals surface area contributed by atoms with Gasteiger partial charge in [-0.2, -0.15) is 0 Å². The second kappa shape index (κ2) is 6.05. The van der Waals surface area contributed by atoms with Crippen LogP contribution in [0, 0.1) is 0 Å². The van der Waals surface area contributed by atoms with Crippen LogP contribution in [0.5, 0.6) is 5.75 Å². The standard InChI is InChI=1S/C13H18BrNO2/c1-4-13(2,3)15-12(16)9-17-11-8-6-5-7-10(11)14/h5-8H,4,9H2,1-3H3,(H,15,16). The molecule has 1 amide bonds. The molecule has 0 aliphatic heterocycles. The highest BCUT2D eigenvalue weighted by Gasteiger charge is 2.17. The van der Waals surface area contributed by atoms with Crippen LogP contribution < -0.4 is 10.1 Å². The SMILES string of the molecule is CCC(C)(C)NC(=O)COc1ccccc1Br. The van der Waals surface area contributed by atoms with Crippen molar-refractivity contribution in [3.63, 3.8) is 0 Å². The molecule has 0 aliphatic carbocycles. The van der Waals surface area contributed by atoms with Crippen molar-refractivity contribution >= 4 is 21.8 Å². The van der Waals surface area contributed by atoms with Crippen LogP contribution in [0.15, 0.2) is 28.7 Å². The third kappa shape index (κ3) is 4.77. The maximum atomic E-state index is 11.7. The number of ether oxygens (including phenoxy) is 1. The Labute approximate surface area is 111 Å². The number of nitrogens with one attached hydrogen (secondary N) is 1. The average Bonchev–Trinajstić information content (AvgIpc) is 2.27. The summed E-state index contributed by atoms with van der Waals surface area (Å²) in [4.78, 5) is 11.7. The molecule has 1 aromatic carbocycles. The van der Waals surface area contributed by atoms with Crippen LogP contribution in [0.3, 0.4) is 0 Å². The molecule has 3 nitrogen and oxygen atoms in total. The van der Waals surface area contributed by atoms with Gasteiger partial charge in [0.2, 0.25) is 0 Å². The normalized spacial score (nSPS) is 11.1. The second-order valence-corrected chi connectivity index (χ2v) is 5.36. The lowest BCUT2D eigenvalue weighted by Crippen LogP contribution is -2.44. The fourth-order valence-corrected chi connectivity index (χ4v) is 1.61. The molecule has 0 aliphatic rings. The fraction of sp³-hybridized carbons (Fsp3) is 0.462. The summed E-state index contributed by atoms with van der Waals surface area (Å²) in [6.45, 7) is 6.05. The van der Waals surface area contributed by atoms with Gasteiger partial charge in [-0.15, -0.1) is 0 Å². The Morgan fingerprint density at radius 1 is 1.41 bits per heavy atom. The topological polar surface area (TPSA) is 38.3 Å². The van der Waals surface area contributed by atoms with Gasteiger partial charge >= 0.3 is 0 Å². The summed E-state index contributed by atoms with van der Waals surface area (Å²) in [5, 5.41) is 2.92. The highest BCUT2D eigenvalue weighted by molar-refractivity contribution is 9.10. The van der Waals surface area contributed by atoms with Gasteiger partial charge in [0.1, 0.15) is 5.75 Å². The average molecular weight is 300 g/mol. The van der Waals surface area contributed by atoms with Crippen LogP contribution in [0.4, 0.5) is 0 Å². The van der Waals surface area contributed by atoms with E-state index in [1.807, 2.05) is 45.0 Å². The lowest BCUT2D eigenvalue weighted by Gasteiger charge is -2.24. The summed E-state index contributed by atoms with van der Waals surface area (Å²) in [5.41, 5.74) is -0.186. The van der Waals surface area contributed by atoms with Crippen molar-refractivity contribution in [1.82, 2.24) is 5.32 Å². The zero-order chi connectivity index (χ0) is 12.9. The predicted octanol–water partition coefficient (Wildman–Crippen LogP) is 3.13. The fourth-order valence-electron chi connectivity index (χ4n) is 1.21. The Bertz CT molecular complexity index is 391. The molecule has 94 valence electrons. The van der Waals surface area contributed by atoms with Crippen LogP contribution in [0.25, 0.3) is 0 Å². The summed E-state index contributed by atoms with van der Waals surface area (Å²) < 4.78 is 6.28. The highest BCUT2D eigenvalue weighted by Crippen LogP contribution is 2.23. The Hall–Kier alpha value is -1.03. The van der Waals surface area contributed by atoms with Crippen LogP contribution in [0.1, 0.15) is 27.2 Å². The maximum absolute atomic E-state index is 11.7. The van der Waals surface area contributed by atoms with E-state index in [0.717, 1.165) is 10.9 Å². The molecule has 1 rings (SSSR count). The molecule has 1 aromatic rings. The molecule has 4 heteroatoms. The van der Waals surface area contributed by atoms with Gasteiger partial charge in [0.25, 0.3) is 5.91 Å². The van der Waals surface area contributed by atoms with E-state index in [9.17, 15) is 4.79 Å². The number of benzene rings is 1. The van der Waals surface area contributed by atoms with Crippen LogP contribution in [-0.4, -0.2) is 18.1 Å². The molecular formula is C13H18BrNO2. The zero-order valence-electron chi connectivity index (χ0n) is 10.4. The molecule has 0 heterocycles. The van der Waals surface area contributed by atoms with Gasteiger partial charge in [-0.1, -0.05) is 19.1 Å².